The monoisotopic (exact) mass is 282 g/mol. The minimum atomic E-state index is -0.554. The van der Waals surface area contributed by atoms with Crippen LogP contribution < -0.4 is 10.2 Å². The molecular formula is C15H14N4O2. The molecule has 0 saturated heterocycles. The Labute approximate surface area is 121 Å². The summed E-state index contributed by atoms with van der Waals surface area (Å²) in [4.78, 5) is 25.8. The van der Waals surface area contributed by atoms with Gasteiger partial charge in [-0.1, -0.05) is 18.2 Å². The number of benzene rings is 1. The van der Waals surface area contributed by atoms with Gasteiger partial charge in [-0.05, 0) is 23.8 Å². The lowest BCUT2D eigenvalue weighted by molar-refractivity contribution is -0.122. The van der Waals surface area contributed by atoms with E-state index in [1.807, 2.05) is 24.3 Å². The van der Waals surface area contributed by atoms with Crippen LogP contribution in [0.1, 0.15) is 12.5 Å². The van der Waals surface area contributed by atoms with Crippen molar-refractivity contribution >= 4 is 23.3 Å². The molecule has 21 heavy (non-hydrogen) atoms. The number of aromatic nitrogens is 2. The van der Waals surface area contributed by atoms with Gasteiger partial charge >= 0.3 is 0 Å². The fourth-order valence-electron chi connectivity index (χ4n) is 2.56. The van der Waals surface area contributed by atoms with Gasteiger partial charge in [0.1, 0.15) is 6.04 Å². The van der Waals surface area contributed by atoms with Gasteiger partial charge in [-0.25, -0.2) is 0 Å². The molecule has 3 rings (SSSR count). The summed E-state index contributed by atoms with van der Waals surface area (Å²) < 4.78 is 0. The van der Waals surface area contributed by atoms with E-state index in [9.17, 15) is 9.59 Å². The molecule has 0 saturated carbocycles. The fourth-order valence-corrected chi connectivity index (χ4v) is 2.56. The van der Waals surface area contributed by atoms with Crippen LogP contribution in [0.3, 0.4) is 0 Å². The van der Waals surface area contributed by atoms with Crippen LogP contribution in [0.15, 0.2) is 42.6 Å². The predicted molar refractivity (Wildman–Crippen MR) is 77.8 cm³/mol. The lowest BCUT2D eigenvalue weighted by Crippen LogP contribution is -2.44. The Morgan fingerprint density at radius 2 is 2.05 bits per heavy atom. The standard InChI is InChI=1S/C15H14N4O2/c1-10(20)19-12-6-3-2-5-11(12)9-13(19)15(21)17-14-7-4-8-16-18-14/h2-8,13H,9H2,1H3,(H,17,18,21)/t13-/m0/s1. The highest BCUT2D eigenvalue weighted by Gasteiger charge is 2.36. The molecule has 0 unspecified atom stereocenters. The summed E-state index contributed by atoms with van der Waals surface area (Å²) in [5.41, 5.74) is 1.79. The van der Waals surface area contributed by atoms with Gasteiger partial charge in [-0.3, -0.25) is 14.5 Å². The van der Waals surface area contributed by atoms with Crippen molar-refractivity contribution in [3.63, 3.8) is 0 Å². The number of fused-ring (bicyclic) bond motifs is 1. The third-order valence-corrected chi connectivity index (χ3v) is 3.44. The molecule has 106 valence electrons. The molecule has 1 aliphatic rings. The van der Waals surface area contributed by atoms with Crippen molar-refractivity contribution in [1.29, 1.82) is 0 Å². The molecule has 0 radical (unpaired) electrons. The normalized spacial score (nSPS) is 16.4. The molecule has 2 heterocycles. The zero-order chi connectivity index (χ0) is 14.8. The molecule has 1 aliphatic heterocycles. The molecule has 6 heteroatoms. The number of hydrogen-bond donors (Lipinski definition) is 1. The van der Waals surface area contributed by atoms with Gasteiger partial charge in [0.15, 0.2) is 5.82 Å². The lowest BCUT2D eigenvalue weighted by Gasteiger charge is -2.23. The molecule has 0 bridgehead atoms. The van der Waals surface area contributed by atoms with E-state index in [2.05, 4.69) is 15.5 Å². The number of anilines is 2. The Kier molecular flexibility index (Phi) is 3.35. The van der Waals surface area contributed by atoms with E-state index in [-0.39, 0.29) is 11.8 Å². The zero-order valence-corrected chi connectivity index (χ0v) is 11.5. The Hall–Kier alpha value is -2.76. The first-order valence-electron chi connectivity index (χ1n) is 6.63. The Morgan fingerprint density at radius 1 is 1.24 bits per heavy atom. The van der Waals surface area contributed by atoms with E-state index in [0.29, 0.717) is 12.2 Å². The zero-order valence-electron chi connectivity index (χ0n) is 11.5. The molecular weight excluding hydrogens is 268 g/mol. The number of carbonyl (C=O) groups is 2. The molecule has 2 aromatic rings. The van der Waals surface area contributed by atoms with Gasteiger partial charge in [0.25, 0.3) is 0 Å². The number of nitrogens with zero attached hydrogens (tertiary/aromatic N) is 3. The van der Waals surface area contributed by atoms with Crippen LogP contribution in [0.5, 0.6) is 0 Å². The van der Waals surface area contributed by atoms with Crippen molar-refractivity contribution in [1.82, 2.24) is 10.2 Å². The van der Waals surface area contributed by atoms with Gasteiger partial charge in [-0.15, -0.1) is 5.10 Å². The maximum atomic E-state index is 12.4. The minimum absolute atomic E-state index is 0.153. The van der Waals surface area contributed by atoms with Crippen LogP contribution in [-0.2, 0) is 16.0 Å². The second-order valence-corrected chi connectivity index (χ2v) is 4.84. The second kappa shape index (κ2) is 5.32. The first kappa shape index (κ1) is 13.2. The number of amides is 2. The highest BCUT2D eigenvalue weighted by molar-refractivity contribution is 6.06. The van der Waals surface area contributed by atoms with Crippen LogP contribution >= 0.6 is 0 Å². The van der Waals surface area contributed by atoms with E-state index in [1.165, 1.54) is 18.0 Å². The minimum Gasteiger partial charge on any atom is -0.307 e. The molecule has 0 spiro atoms. The van der Waals surface area contributed by atoms with E-state index < -0.39 is 6.04 Å². The van der Waals surface area contributed by atoms with Crippen LogP contribution in [0.4, 0.5) is 11.5 Å². The van der Waals surface area contributed by atoms with Crippen LogP contribution in [0, 0.1) is 0 Å². The summed E-state index contributed by atoms with van der Waals surface area (Å²) in [6, 6.07) is 10.3. The summed E-state index contributed by atoms with van der Waals surface area (Å²) in [6.45, 7) is 1.46. The van der Waals surface area contributed by atoms with E-state index in [1.54, 1.807) is 12.1 Å². The Morgan fingerprint density at radius 3 is 2.76 bits per heavy atom. The first-order chi connectivity index (χ1) is 10.2. The summed E-state index contributed by atoms with van der Waals surface area (Å²) in [7, 11) is 0. The summed E-state index contributed by atoms with van der Waals surface area (Å²) >= 11 is 0. The number of para-hydroxylation sites is 1. The highest BCUT2D eigenvalue weighted by atomic mass is 16.2. The molecule has 0 fully saturated rings. The summed E-state index contributed by atoms with van der Waals surface area (Å²) in [6.07, 6.45) is 2.03. The van der Waals surface area contributed by atoms with Crippen molar-refractivity contribution in [3.05, 3.63) is 48.2 Å². The Bertz CT molecular complexity index is 687. The lowest BCUT2D eigenvalue weighted by atomic mass is 10.1. The van der Waals surface area contributed by atoms with Gasteiger partial charge in [0.2, 0.25) is 11.8 Å². The highest BCUT2D eigenvalue weighted by Crippen LogP contribution is 2.32. The average Bonchev–Trinajstić information content (AvgIpc) is 2.88. The smallest absolute Gasteiger partial charge is 0.249 e. The summed E-state index contributed by atoms with van der Waals surface area (Å²) in [5, 5.41) is 10.2. The topological polar surface area (TPSA) is 75.2 Å². The molecule has 1 aromatic carbocycles. The fraction of sp³-hybridized carbons (Fsp3) is 0.200. The average molecular weight is 282 g/mol. The summed E-state index contributed by atoms with van der Waals surface area (Å²) in [5.74, 6) is -0.0388. The van der Waals surface area contributed by atoms with Crippen LogP contribution in [-0.4, -0.2) is 28.1 Å². The third kappa shape index (κ3) is 2.47. The van der Waals surface area contributed by atoms with Crippen molar-refractivity contribution in [3.8, 4) is 0 Å². The van der Waals surface area contributed by atoms with E-state index in [4.69, 9.17) is 0 Å². The second-order valence-electron chi connectivity index (χ2n) is 4.84. The van der Waals surface area contributed by atoms with Gasteiger partial charge < -0.3 is 5.32 Å². The van der Waals surface area contributed by atoms with Gasteiger partial charge in [-0.2, -0.15) is 5.10 Å². The molecule has 6 nitrogen and oxygen atoms in total. The third-order valence-electron chi connectivity index (χ3n) is 3.44. The number of nitrogens with one attached hydrogen (secondary N) is 1. The van der Waals surface area contributed by atoms with Gasteiger partial charge in [0, 0.05) is 25.2 Å². The van der Waals surface area contributed by atoms with Crippen molar-refractivity contribution < 1.29 is 9.59 Å². The van der Waals surface area contributed by atoms with E-state index >= 15 is 0 Å². The van der Waals surface area contributed by atoms with E-state index in [0.717, 1.165) is 11.3 Å². The van der Waals surface area contributed by atoms with Crippen molar-refractivity contribution in [2.75, 3.05) is 10.2 Å². The van der Waals surface area contributed by atoms with Crippen molar-refractivity contribution in [2.45, 2.75) is 19.4 Å². The van der Waals surface area contributed by atoms with Gasteiger partial charge in [0.05, 0.1) is 0 Å². The maximum absolute atomic E-state index is 12.4. The largest absolute Gasteiger partial charge is 0.307 e. The molecule has 1 aromatic heterocycles. The molecule has 1 atom stereocenters. The maximum Gasteiger partial charge on any atom is 0.249 e. The molecule has 1 N–H and O–H groups in total. The number of rotatable bonds is 2. The quantitative estimate of drug-likeness (QED) is 0.903. The molecule has 0 aliphatic carbocycles. The predicted octanol–water partition coefficient (Wildman–Crippen LogP) is 1.39. The number of carbonyl (C=O) groups excluding carboxylic acids is 2. The molecule has 2 amide bonds. The van der Waals surface area contributed by atoms with Crippen LogP contribution in [0.2, 0.25) is 0 Å². The van der Waals surface area contributed by atoms with Crippen molar-refractivity contribution in [2.24, 2.45) is 0 Å². The first-order valence-corrected chi connectivity index (χ1v) is 6.63. The SMILES string of the molecule is CC(=O)N1c2ccccc2C[C@H]1C(=O)Nc1cccnn1. The van der Waals surface area contributed by atoms with Crippen LogP contribution in [0.25, 0.3) is 0 Å². The number of hydrogen-bond acceptors (Lipinski definition) is 4. The Balaban J connectivity index is 1.85.